The Morgan fingerprint density at radius 2 is 2.00 bits per heavy atom. The van der Waals surface area contributed by atoms with Gasteiger partial charge < -0.3 is 14.4 Å². The highest BCUT2D eigenvalue weighted by Crippen LogP contribution is 2.32. The van der Waals surface area contributed by atoms with Gasteiger partial charge >= 0.3 is 0 Å². The minimum atomic E-state index is 0.172. The van der Waals surface area contributed by atoms with Crippen LogP contribution < -0.4 is 9.64 Å². The van der Waals surface area contributed by atoms with Crippen molar-refractivity contribution >= 4 is 5.82 Å². The molecule has 148 valence electrons. The molecule has 0 aliphatic carbocycles. The summed E-state index contributed by atoms with van der Waals surface area (Å²) in [5.41, 5.74) is 4.29. The molecular formula is C23H24N4O2. The molecule has 1 saturated heterocycles. The van der Waals surface area contributed by atoms with Gasteiger partial charge in [0, 0.05) is 31.3 Å². The van der Waals surface area contributed by atoms with Gasteiger partial charge in [-0.3, -0.25) is 4.98 Å². The van der Waals surface area contributed by atoms with Crippen LogP contribution >= 0.6 is 0 Å². The first-order valence-corrected chi connectivity index (χ1v) is 10.2. The van der Waals surface area contributed by atoms with Gasteiger partial charge in [0.25, 0.3) is 0 Å². The number of nitrogens with zero attached hydrogens (tertiary/aromatic N) is 4. The maximum absolute atomic E-state index is 6.17. The second-order valence-corrected chi connectivity index (χ2v) is 7.54. The van der Waals surface area contributed by atoms with Gasteiger partial charge in [-0.1, -0.05) is 24.3 Å². The van der Waals surface area contributed by atoms with Crippen molar-refractivity contribution in [1.29, 1.82) is 0 Å². The number of pyridine rings is 1. The SMILES string of the molecule is c1ccc(CO[C@H]2CCCN(c3ncnc4c3Cc3ccccc3OC4)C2)nc1. The largest absolute Gasteiger partial charge is 0.487 e. The molecule has 0 bridgehead atoms. The number of hydrogen-bond acceptors (Lipinski definition) is 6. The monoisotopic (exact) mass is 388 g/mol. The maximum atomic E-state index is 6.17. The van der Waals surface area contributed by atoms with E-state index in [4.69, 9.17) is 9.47 Å². The number of anilines is 1. The van der Waals surface area contributed by atoms with E-state index < -0.39 is 0 Å². The summed E-state index contributed by atoms with van der Waals surface area (Å²) in [7, 11) is 0. The highest BCUT2D eigenvalue weighted by molar-refractivity contribution is 5.53. The molecule has 6 heteroatoms. The summed E-state index contributed by atoms with van der Waals surface area (Å²) in [6, 6.07) is 14.1. The van der Waals surface area contributed by atoms with Crippen LogP contribution in [0.4, 0.5) is 5.82 Å². The molecule has 2 aliphatic rings. The quantitative estimate of drug-likeness (QED) is 0.681. The molecule has 0 amide bonds. The summed E-state index contributed by atoms with van der Waals surface area (Å²) >= 11 is 0. The lowest BCUT2D eigenvalue weighted by atomic mass is 10.0. The number of para-hydroxylation sites is 1. The molecule has 29 heavy (non-hydrogen) atoms. The zero-order chi connectivity index (χ0) is 19.5. The van der Waals surface area contributed by atoms with Gasteiger partial charge in [0.05, 0.1) is 24.1 Å². The van der Waals surface area contributed by atoms with Crippen LogP contribution in [0.3, 0.4) is 0 Å². The first-order valence-electron chi connectivity index (χ1n) is 10.2. The molecule has 0 unspecified atom stereocenters. The fourth-order valence-corrected chi connectivity index (χ4v) is 4.10. The lowest BCUT2D eigenvalue weighted by molar-refractivity contribution is 0.0297. The van der Waals surface area contributed by atoms with Crippen LogP contribution in [0.25, 0.3) is 0 Å². The minimum Gasteiger partial charge on any atom is -0.487 e. The number of piperidine rings is 1. The second-order valence-electron chi connectivity index (χ2n) is 7.54. The highest BCUT2D eigenvalue weighted by Gasteiger charge is 2.26. The van der Waals surface area contributed by atoms with Gasteiger partial charge in [-0.2, -0.15) is 0 Å². The van der Waals surface area contributed by atoms with Crippen molar-refractivity contribution in [3.63, 3.8) is 0 Å². The molecule has 6 nitrogen and oxygen atoms in total. The number of aromatic nitrogens is 3. The maximum Gasteiger partial charge on any atom is 0.135 e. The molecule has 2 aliphatic heterocycles. The Morgan fingerprint density at radius 1 is 1.07 bits per heavy atom. The van der Waals surface area contributed by atoms with Gasteiger partial charge in [-0.15, -0.1) is 0 Å². The normalized spacial score (nSPS) is 18.3. The Balaban J connectivity index is 1.35. The third kappa shape index (κ3) is 3.93. The van der Waals surface area contributed by atoms with E-state index in [2.05, 4.69) is 32.0 Å². The van der Waals surface area contributed by atoms with Gasteiger partial charge in [-0.25, -0.2) is 9.97 Å². The second kappa shape index (κ2) is 8.17. The summed E-state index contributed by atoms with van der Waals surface area (Å²) in [6.45, 7) is 2.84. The molecule has 0 spiro atoms. The predicted octanol–water partition coefficient (Wildman–Crippen LogP) is 3.54. The first kappa shape index (κ1) is 18.1. The van der Waals surface area contributed by atoms with E-state index in [0.29, 0.717) is 13.2 Å². The fourth-order valence-electron chi connectivity index (χ4n) is 4.10. The van der Waals surface area contributed by atoms with E-state index in [-0.39, 0.29) is 6.10 Å². The fraction of sp³-hybridized carbons (Fsp3) is 0.348. The zero-order valence-electron chi connectivity index (χ0n) is 16.3. The van der Waals surface area contributed by atoms with Crippen molar-refractivity contribution in [2.75, 3.05) is 18.0 Å². The lowest BCUT2D eigenvalue weighted by Crippen LogP contribution is -2.40. The van der Waals surface area contributed by atoms with Gasteiger partial charge in [0.1, 0.15) is 24.5 Å². The molecule has 1 fully saturated rings. The van der Waals surface area contributed by atoms with Crippen molar-refractivity contribution < 1.29 is 9.47 Å². The van der Waals surface area contributed by atoms with Crippen molar-refractivity contribution in [3.05, 3.63) is 77.5 Å². The Labute approximate surface area is 170 Å². The lowest BCUT2D eigenvalue weighted by Gasteiger charge is -2.34. The van der Waals surface area contributed by atoms with Gasteiger partial charge in [0.15, 0.2) is 0 Å². The van der Waals surface area contributed by atoms with Crippen molar-refractivity contribution in [1.82, 2.24) is 15.0 Å². The van der Waals surface area contributed by atoms with E-state index in [1.165, 1.54) is 11.1 Å². The van der Waals surface area contributed by atoms with Crippen LogP contribution in [0.1, 0.15) is 35.4 Å². The average Bonchev–Trinajstić information content (AvgIpc) is 2.98. The summed E-state index contributed by atoms with van der Waals surface area (Å²) in [5, 5.41) is 0. The Morgan fingerprint density at radius 3 is 2.93 bits per heavy atom. The first-order chi connectivity index (χ1) is 14.4. The van der Waals surface area contributed by atoms with E-state index in [1.807, 2.05) is 36.5 Å². The standard InChI is InChI=1S/C23H24N4O2/c1-2-9-22-17(6-1)12-20-21(15-29-22)25-16-26-23(20)27-11-5-8-19(13-27)28-14-18-7-3-4-10-24-18/h1-4,6-7,9-10,16,19H,5,8,11-15H2/t19-/m0/s1. The summed E-state index contributed by atoms with van der Waals surface area (Å²) in [6.07, 6.45) is 6.57. The van der Waals surface area contributed by atoms with Crippen LogP contribution in [-0.2, 0) is 24.4 Å². The van der Waals surface area contributed by atoms with E-state index in [0.717, 1.165) is 55.3 Å². The van der Waals surface area contributed by atoms with E-state index in [1.54, 1.807) is 6.33 Å². The van der Waals surface area contributed by atoms with Gasteiger partial charge in [-0.05, 0) is 36.6 Å². The number of ether oxygens (including phenoxy) is 2. The minimum absolute atomic E-state index is 0.172. The van der Waals surface area contributed by atoms with E-state index >= 15 is 0 Å². The Kier molecular flexibility index (Phi) is 5.09. The molecule has 1 atom stereocenters. The number of fused-ring (bicyclic) bond motifs is 2. The third-order valence-corrected chi connectivity index (χ3v) is 5.59. The number of benzene rings is 1. The smallest absolute Gasteiger partial charge is 0.135 e. The number of hydrogen-bond donors (Lipinski definition) is 0. The van der Waals surface area contributed by atoms with Crippen LogP contribution in [0.5, 0.6) is 5.75 Å². The van der Waals surface area contributed by atoms with Crippen molar-refractivity contribution in [3.8, 4) is 5.75 Å². The molecule has 1 aromatic carbocycles. The Hall–Kier alpha value is -2.99. The highest BCUT2D eigenvalue weighted by atomic mass is 16.5. The molecule has 4 heterocycles. The molecule has 2 aromatic heterocycles. The molecule has 0 N–H and O–H groups in total. The molecule has 5 rings (SSSR count). The predicted molar refractivity (Wildman–Crippen MR) is 110 cm³/mol. The average molecular weight is 388 g/mol. The summed E-state index contributed by atoms with van der Waals surface area (Å²) in [5.74, 6) is 1.95. The van der Waals surface area contributed by atoms with Crippen LogP contribution in [0, 0.1) is 0 Å². The molecule has 3 aromatic rings. The van der Waals surface area contributed by atoms with Crippen molar-refractivity contribution in [2.24, 2.45) is 0 Å². The molecule has 0 saturated carbocycles. The third-order valence-electron chi connectivity index (χ3n) is 5.59. The van der Waals surface area contributed by atoms with Gasteiger partial charge in [0.2, 0.25) is 0 Å². The summed E-state index contributed by atoms with van der Waals surface area (Å²) in [4.78, 5) is 15.9. The van der Waals surface area contributed by atoms with Crippen LogP contribution in [-0.4, -0.2) is 34.1 Å². The Bertz CT molecular complexity index is 980. The van der Waals surface area contributed by atoms with Crippen LogP contribution in [0.2, 0.25) is 0 Å². The van der Waals surface area contributed by atoms with Crippen molar-refractivity contribution in [2.45, 2.75) is 38.6 Å². The number of rotatable bonds is 4. The van der Waals surface area contributed by atoms with Crippen LogP contribution in [0.15, 0.2) is 55.0 Å². The molecular weight excluding hydrogens is 364 g/mol. The van der Waals surface area contributed by atoms with E-state index in [9.17, 15) is 0 Å². The molecule has 0 radical (unpaired) electrons. The zero-order valence-corrected chi connectivity index (χ0v) is 16.3. The topological polar surface area (TPSA) is 60.4 Å². The summed E-state index contributed by atoms with van der Waals surface area (Å²) < 4.78 is 12.2.